The lowest BCUT2D eigenvalue weighted by Gasteiger charge is -2.11. The van der Waals surface area contributed by atoms with Crippen molar-refractivity contribution < 1.29 is 14.3 Å². The van der Waals surface area contributed by atoms with Crippen molar-refractivity contribution in [3.63, 3.8) is 0 Å². The summed E-state index contributed by atoms with van der Waals surface area (Å²) in [6.45, 7) is 0.419. The number of benzene rings is 1. The van der Waals surface area contributed by atoms with Gasteiger partial charge in [0.1, 0.15) is 5.01 Å². The number of hydrogen-bond donors (Lipinski definition) is 1. The first-order valence-electron chi connectivity index (χ1n) is 7.79. The summed E-state index contributed by atoms with van der Waals surface area (Å²) in [5.41, 5.74) is 1.63. The Bertz CT molecular complexity index is 737. The monoisotopic (exact) mass is 366 g/mol. The molecule has 1 aromatic carbocycles. The average molecular weight is 367 g/mol. The summed E-state index contributed by atoms with van der Waals surface area (Å²) in [7, 11) is 3.02. The highest BCUT2D eigenvalue weighted by atomic mass is 35.5. The number of carbonyl (C=O) groups is 1. The van der Waals surface area contributed by atoms with E-state index in [9.17, 15) is 4.79 Å². The van der Waals surface area contributed by atoms with Crippen LogP contribution >= 0.6 is 22.9 Å². The van der Waals surface area contributed by atoms with Gasteiger partial charge in [-0.05, 0) is 37.8 Å². The predicted molar refractivity (Wildman–Crippen MR) is 94.5 cm³/mol. The molecule has 7 heteroatoms. The molecule has 0 fully saturated rings. The zero-order valence-electron chi connectivity index (χ0n) is 13.6. The lowest BCUT2D eigenvalue weighted by Crippen LogP contribution is -2.22. The molecule has 1 aromatic heterocycles. The number of amides is 1. The van der Waals surface area contributed by atoms with Gasteiger partial charge in [-0.25, -0.2) is 4.98 Å². The maximum atomic E-state index is 12.4. The van der Waals surface area contributed by atoms with E-state index in [4.69, 9.17) is 21.1 Å². The van der Waals surface area contributed by atoms with E-state index in [0.717, 1.165) is 17.8 Å². The summed E-state index contributed by atoms with van der Waals surface area (Å²) in [6, 6.07) is 3.19. The van der Waals surface area contributed by atoms with Gasteiger partial charge >= 0.3 is 0 Å². The molecule has 1 aliphatic carbocycles. The number of hydrogen-bond acceptors (Lipinski definition) is 5. The van der Waals surface area contributed by atoms with Gasteiger partial charge in [0.25, 0.3) is 5.91 Å². The Balaban J connectivity index is 1.71. The third-order valence-electron chi connectivity index (χ3n) is 3.99. The van der Waals surface area contributed by atoms with Gasteiger partial charge in [-0.2, -0.15) is 0 Å². The van der Waals surface area contributed by atoms with Crippen LogP contribution in [0.4, 0.5) is 0 Å². The lowest BCUT2D eigenvalue weighted by molar-refractivity contribution is 0.0950. The molecule has 2 aromatic rings. The van der Waals surface area contributed by atoms with Crippen LogP contribution in [-0.2, 0) is 19.4 Å². The van der Waals surface area contributed by atoms with Crippen LogP contribution in [0.15, 0.2) is 12.1 Å². The molecule has 1 amide bonds. The molecule has 0 spiro atoms. The van der Waals surface area contributed by atoms with Crippen molar-refractivity contribution >= 4 is 28.8 Å². The lowest BCUT2D eigenvalue weighted by atomic mass is 10.0. The van der Waals surface area contributed by atoms with E-state index < -0.39 is 0 Å². The van der Waals surface area contributed by atoms with E-state index in [0.29, 0.717) is 28.6 Å². The normalized spacial score (nSPS) is 13.3. The molecule has 128 valence electrons. The number of aryl methyl sites for hydroxylation is 2. The van der Waals surface area contributed by atoms with Crippen LogP contribution in [0.2, 0.25) is 5.02 Å². The molecule has 3 rings (SSSR count). The van der Waals surface area contributed by atoms with E-state index in [1.165, 1.54) is 37.6 Å². The Morgan fingerprint density at radius 1 is 1.29 bits per heavy atom. The van der Waals surface area contributed by atoms with Gasteiger partial charge in [0.05, 0.1) is 31.5 Å². The van der Waals surface area contributed by atoms with Crippen molar-refractivity contribution in [1.29, 1.82) is 0 Å². The highest BCUT2D eigenvalue weighted by Crippen LogP contribution is 2.36. The van der Waals surface area contributed by atoms with Crippen molar-refractivity contribution in [2.45, 2.75) is 32.2 Å². The molecular formula is C17H19ClN2O3S. The van der Waals surface area contributed by atoms with Gasteiger partial charge in [0.2, 0.25) is 0 Å². The number of ether oxygens (including phenoxy) is 2. The van der Waals surface area contributed by atoms with Gasteiger partial charge < -0.3 is 14.8 Å². The predicted octanol–water partition coefficient (Wildman–Crippen LogP) is 3.62. The Morgan fingerprint density at radius 3 is 2.79 bits per heavy atom. The second-order valence-corrected chi connectivity index (χ2v) is 7.14. The quantitative estimate of drug-likeness (QED) is 0.877. The standard InChI is InChI=1S/C17H19ClN2O3S/c1-22-13-8-10(7-11(18)16(13)23-2)17(21)19-9-15-20-12-5-3-4-6-14(12)24-15/h7-8H,3-6,9H2,1-2H3,(H,19,21). The highest BCUT2D eigenvalue weighted by molar-refractivity contribution is 7.11. The number of rotatable bonds is 5. The summed E-state index contributed by atoms with van der Waals surface area (Å²) in [5, 5.41) is 4.18. The number of nitrogens with zero attached hydrogens (tertiary/aromatic N) is 1. The molecule has 0 atom stereocenters. The van der Waals surface area contributed by atoms with Crippen molar-refractivity contribution in [2.75, 3.05) is 14.2 Å². The van der Waals surface area contributed by atoms with Gasteiger partial charge in [-0.15, -0.1) is 11.3 Å². The fourth-order valence-corrected chi connectivity index (χ4v) is 4.17. The summed E-state index contributed by atoms with van der Waals surface area (Å²) in [6.07, 6.45) is 4.58. The summed E-state index contributed by atoms with van der Waals surface area (Å²) in [4.78, 5) is 18.4. The molecule has 1 aliphatic rings. The molecule has 0 aliphatic heterocycles. The van der Waals surface area contributed by atoms with Gasteiger partial charge in [-0.3, -0.25) is 4.79 Å². The molecule has 0 saturated carbocycles. The SMILES string of the molecule is COc1cc(C(=O)NCc2nc3c(s2)CCCC3)cc(Cl)c1OC. The van der Waals surface area contributed by atoms with Crippen LogP contribution in [0.1, 0.15) is 38.8 Å². The van der Waals surface area contributed by atoms with Crippen LogP contribution in [0.3, 0.4) is 0 Å². The van der Waals surface area contributed by atoms with E-state index in [1.54, 1.807) is 23.5 Å². The van der Waals surface area contributed by atoms with Crippen molar-refractivity contribution in [3.05, 3.63) is 38.3 Å². The van der Waals surface area contributed by atoms with Gasteiger partial charge in [0, 0.05) is 10.4 Å². The maximum Gasteiger partial charge on any atom is 0.251 e. The highest BCUT2D eigenvalue weighted by Gasteiger charge is 2.17. The molecule has 0 radical (unpaired) electrons. The minimum Gasteiger partial charge on any atom is -0.493 e. The van der Waals surface area contributed by atoms with Crippen LogP contribution in [-0.4, -0.2) is 25.1 Å². The first-order chi connectivity index (χ1) is 11.6. The van der Waals surface area contributed by atoms with Crippen molar-refractivity contribution in [3.8, 4) is 11.5 Å². The largest absolute Gasteiger partial charge is 0.493 e. The Morgan fingerprint density at radius 2 is 2.08 bits per heavy atom. The zero-order valence-corrected chi connectivity index (χ0v) is 15.2. The second-order valence-electron chi connectivity index (χ2n) is 5.56. The molecule has 0 saturated heterocycles. The molecule has 1 heterocycles. The summed E-state index contributed by atoms with van der Waals surface area (Å²) < 4.78 is 10.4. The third kappa shape index (κ3) is 3.49. The van der Waals surface area contributed by atoms with E-state index in [2.05, 4.69) is 10.3 Å². The first-order valence-corrected chi connectivity index (χ1v) is 8.99. The molecule has 0 unspecified atom stereocenters. The minimum atomic E-state index is -0.217. The van der Waals surface area contributed by atoms with E-state index in [-0.39, 0.29) is 5.91 Å². The van der Waals surface area contributed by atoms with Crippen LogP contribution in [0, 0.1) is 0 Å². The fourth-order valence-electron chi connectivity index (χ4n) is 2.79. The Kier molecular flexibility index (Phi) is 5.26. The number of methoxy groups -OCH3 is 2. The number of aromatic nitrogens is 1. The second kappa shape index (κ2) is 7.40. The van der Waals surface area contributed by atoms with Gasteiger partial charge in [0.15, 0.2) is 11.5 Å². The third-order valence-corrected chi connectivity index (χ3v) is 5.42. The van der Waals surface area contributed by atoms with Crippen molar-refractivity contribution in [1.82, 2.24) is 10.3 Å². The van der Waals surface area contributed by atoms with Crippen molar-refractivity contribution in [2.24, 2.45) is 0 Å². The molecule has 1 N–H and O–H groups in total. The Hall–Kier alpha value is -1.79. The number of nitrogens with one attached hydrogen (secondary N) is 1. The van der Waals surface area contributed by atoms with Crippen LogP contribution < -0.4 is 14.8 Å². The number of thiazole rings is 1. The fraction of sp³-hybridized carbons (Fsp3) is 0.412. The van der Waals surface area contributed by atoms with Crippen LogP contribution in [0.25, 0.3) is 0 Å². The molecule has 0 bridgehead atoms. The van der Waals surface area contributed by atoms with Gasteiger partial charge in [-0.1, -0.05) is 11.6 Å². The van der Waals surface area contributed by atoms with E-state index in [1.807, 2.05) is 0 Å². The van der Waals surface area contributed by atoms with E-state index >= 15 is 0 Å². The Labute approximate surface area is 150 Å². The number of carbonyl (C=O) groups excluding carboxylic acids is 1. The summed E-state index contributed by atoms with van der Waals surface area (Å²) in [5.74, 6) is 0.634. The average Bonchev–Trinajstić information content (AvgIpc) is 3.01. The van der Waals surface area contributed by atoms with Crippen LogP contribution in [0.5, 0.6) is 11.5 Å². The minimum absolute atomic E-state index is 0.217. The topological polar surface area (TPSA) is 60.5 Å². The maximum absolute atomic E-state index is 12.4. The zero-order chi connectivity index (χ0) is 17.1. The summed E-state index contributed by atoms with van der Waals surface area (Å²) >= 11 is 7.84. The first kappa shape index (κ1) is 17.0. The molecule has 24 heavy (non-hydrogen) atoms. The molecule has 5 nitrogen and oxygen atoms in total. The number of halogens is 1. The molecular weight excluding hydrogens is 348 g/mol. The number of fused-ring (bicyclic) bond motifs is 1. The smallest absolute Gasteiger partial charge is 0.251 e.